The molecular weight excluding hydrogens is 331 g/mol. The Morgan fingerprint density at radius 3 is 1.41 bits per heavy atom. The molecule has 1 unspecified atom stereocenters. The smallest absolute Gasteiger partial charge is 0.373 e. The van der Waals surface area contributed by atoms with Crippen molar-refractivity contribution < 1.29 is 44.6 Å². The third-order valence-corrected chi connectivity index (χ3v) is 4.45. The van der Waals surface area contributed by atoms with Crippen LogP contribution >= 0.6 is 0 Å². The molecule has 0 aromatic heterocycles. The molecule has 0 spiro atoms. The molecule has 1 fully saturated rings. The van der Waals surface area contributed by atoms with Gasteiger partial charge in [-0.3, -0.25) is 0 Å². The molecular formula is C12H15F9O. The van der Waals surface area contributed by atoms with Crippen LogP contribution in [0.2, 0.25) is 0 Å². The predicted molar refractivity (Wildman–Crippen MR) is 57.7 cm³/mol. The summed E-state index contributed by atoms with van der Waals surface area (Å²) < 4.78 is 114. The summed E-state index contributed by atoms with van der Waals surface area (Å²) in [5, 5.41) is 9.22. The first-order chi connectivity index (χ1) is 9.62. The summed E-state index contributed by atoms with van der Waals surface area (Å²) in [4.78, 5) is 0. The molecule has 10 heteroatoms. The molecule has 1 atom stereocenters. The van der Waals surface area contributed by atoms with Crippen molar-refractivity contribution in [2.45, 2.75) is 56.7 Å². The second kappa shape index (κ2) is 5.76. The third kappa shape index (κ3) is 3.46. The lowest BCUT2D eigenvalue weighted by molar-refractivity contribution is -0.387. The van der Waals surface area contributed by atoms with Gasteiger partial charge in [-0.1, -0.05) is 6.92 Å². The average Bonchev–Trinajstić information content (AvgIpc) is 2.33. The van der Waals surface area contributed by atoms with Gasteiger partial charge in [0.05, 0.1) is 5.92 Å². The Morgan fingerprint density at radius 2 is 1.14 bits per heavy atom. The molecule has 1 aliphatic rings. The Balaban J connectivity index is 2.90. The van der Waals surface area contributed by atoms with Gasteiger partial charge in [0.1, 0.15) is 0 Å². The van der Waals surface area contributed by atoms with Gasteiger partial charge in [0.15, 0.2) is 0 Å². The van der Waals surface area contributed by atoms with Crippen molar-refractivity contribution >= 4 is 0 Å². The Hall–Kier alpha value is -0.670. The zero-order chi connectivity index (χ0) is 17.6. The van der Waals surface area contributed by atoms with E-state index in [1.54, 1.807) is 0 Å². The van der Waals surface area contributed by atoms with Gasteiger partial charge in [-0.25, -0.2) is 0 Å². The van der Waals surface area contributed by atoms with Crippen LogP contribution in [0.1, 0.15) is 32.6 Å². The molecule has 0 aliphatic heterocycles. The van der Waals surface area contributed by atoms with Crippen molar-refractivity contribution in [3.05, 3.63) is 0 Å². The van der Waals surface area contributed by atoms with Crippen LogP contribution in [0.4, 0.5) is 39.5 Å². The fourth-order valence-corrected chi connectivity index (χ4v) is 2.93. The second-order valence-corrected chi connectivity index (χ2v) is 5.70. The number of alkyl halides is 9. The molecule has 132 valence electrons. The van der Waals surface area contributed by atoms with Crippen LogP contribution in [0, 0.1) is 17.8 Å². The van der Waals surface area contributed by atoms with Crippen molar-refractivity contribution in [3.63, 3.8) is 0 Å². The van der Waals surface area contributed by atoms with Gasteiger partial charge in [0.25, 0.3) is 5.60 Å². The first kappa shape index (κ1) is 19.4. The maximum atomic E-state index is 12.7. The molecule has 0 heterocycles. The number of halogens is 9. The number of hydrogen-bond donors (Lipinski definition) is 1. The van der Waals surface area contributed by atoms with Crippen LogP contribution in [0.15, 0.2) is 0 Å². The molecule has 1 N–H and O–H groups in total. The predicted octanol–water partition coefficient (Wildman–Crippen LogP) is 4.85. The van der Waals surface area contributed by atoms with Gasteiger partial charge in [0.2, 0.25) is 0 Å². The van der Waals surface area contributed by atoms with Gasteiger partial charge in [0, 0.05) is 5.92 Å². The Morgan fingerprint density at radius 1 is 0.773 bits per heavy atom. The van der Waals surface area contributed by atoms with Crippen molar-refractivity contribution in [1.82, 2.24) is 0 Å². The van der Waals surface area contributed by atoms with Crippen molar-refractivity contribution in [2.24, 2.45) is 17.8 Å². The summed E-state index contributed by atoms with van der Waals surface area (Å²) in [5.41, 5.74) is -4.88. The molecule has 1 saturated carbocycles. The van der Waals surface area contributed by atoms with Gasteiger partial charge >= 0.3 is 18.5 Å². The van der Waals surface area contributed by atoms with Crippen molar-refractivity contribution in [2.75, 3.05) is 0 Å². The minimum absolute atomic E-state index is 0.445. The van der Waals surface area contributed by atoms with E-state index in [0.29, 0.717) is 0 Å². The highest BCUT2D eigenvalue weighted by molar-refractivity contribution is 5.01. The largest absolute Gasteiger partial charge is 0.426 e. The number of rotatable bonds is 2. The fourth-order valence-electron chi connectivity index (χ4n) is 2.93. The first-order valence-corrected chi connectivity index (χ1v) is 6.55. The van der Waals surface area contributed by atoms with Crippen LogP contribution in [-0.2, 0) is 0 Å². The van der Waals surface area contributed by atoms with E-state index >= 15 is 0 Å². The lowest BCUT2D eigenvalue weighted by Gasteiger charge is -2.42. The molecule has 1 rings (SSSR count). The monoisotopic (exact) mass is 346 g/mol. The third-order valence-electron chi connectivity index (χ3n) is 4.45. The highest BCUT2D eigenvalue weighted by atomic mass is 19.4. The van der Waals surface area contributed by atoms with Gasteiger partial charge in [-0.2, -0.15) is 39.5 Å². The molecule has 0 aromatic carbocycles. The van der Waals surface area contributed by atoms with E-state index in [1.165, 1.54) is 0 Å². The lowest BCUT2D eigenvalue weighted by Crippen LogP contribution is -2.62. The van der Waals surface area contributed by atoms with Gasteiger partial charge < -0.3 is 5.11 Å². The normalized spacial score (nSPS) is 26.9. The second-order valence-electron chi connectivity index (χ2n) is 5.70. The summed E-state index contributed by atoms with van der Waals surface area (Å²) in [7, 11) is 0. The van der Waals surface area contributed by atoms with Crippen LogP contribution < -0.4 is 0 Å². The zero-order valence-electron chi connectivity index (χ0n) is 11.4. The standard InChI is InChI=1S/C12H15F9O/c1-6(10(13,14)15)7-2-4-8(5-3-7)9(22,11(16,17)18)12(19,20)21/h6-8,22H,2-5H2,1H3. The summed E-state index contributed by atoms with van der Waals surface area (Å²) >= 11 is 0. The Kier molecular flexibility index (Phi) is 5.07. The average molecular weight is 346 g/mol. The molecule has 0 bridgehead atoms. The molecule has 0 amide bonds. The summed E-state index contributed by atoms with van der Waals surface area (Å²) in [5.74, 6) is -5.04. The summed E-state index contributed by atoms with van der Waals surface area (Å²) in [6.45, 7) is 0.852. The SMILES string of the molecule is CC(C1CCC(C(O)(C(F)(F)F)C(F)(F)F)CC1)C(F)(F)F. The van der Waals surface area contributed by atoms with E-state index in [0.717, 1.165) is 6.92 Å². The van der Waals surface area contributed by atoms with E-state index < -0.39 is 67.6 Å². The Bertz CT molecular complexity index is 360. The number of hydrogen-bond acceptors (Lipinski definition) is 1. The van der Waals surface area contributed by atoms with E-state index in [4.69, 9.17) is 0 Å². The lowest BCUT2D eigenvalue weighted by atomic mass is 9.70. The van der Waals surface area contributed by atoms with E-state index in [1.807, 2.05) is 0 Å². The van der Waals surface area contributed by atoms with Crippen LogP contribution in [0.25, 0.3) is 0 Å². The highest BCUT2D eigenvalue weighted by Gasteiger charge is 2.73. The first-order valence-electron chi connectivity index (χ1n) is 6.55. The van der Waals surface area contributed by atoms with E-state index in [9.17, 15) is 44.6 Å². The minimum atomic E-state index is -5.93. The minimum Gasteiger partial charge on any atom is -0.373 e. The maximum Gasteiger partial charge on any atom is 0.426 e. The van der Waals surface area contributed by atoms with Crippen LogP contribution in [0.3, 0.4) is 0 Å². The summed E-state index contributed by atoms with van der Waals surface area (Å²) in [6, 6.07) is 0. The fraction of sp³-hybridized carbons (Fsp3) is 1.00. The van der Waals surface area contributed by atoms with E-state index in [2.05, 4.69) is 0 Å². The topological polar surface area (TPSA) is 20.2 Å². The Labute approximate surface area is 120 Å². The maximum absolute atomic E-state index is 12.7. The van der Waals surface area contributed by atoms with Crippen molar-refractivity contribution in [1.29, 1.82) is 0 Å². The quantitative estimate of drug-likeness (QED) is 0.709. The molecule has 0 aromatic rings. The van der Waals surface area contributed by atoms with Crippen molar-refractivity contribution in [3.8, 4) is 0 Å². The molecule has 1 aliphatic carbocycles. The van der Waals surface area contributed by atoms with Crippen LogP contribution in [-0.4, -0.2) is 29.2 Å². The molecule has 22 heavy (non-hydrogen) atoms. The number of aliphatic hydroxyl groups is 1. The molecule has 0 radical (unpaired) electrons. The van der Waals surface area contributed by atoms with Crippen LogP contribution in [0.5, 0.6) is 0 Å². The zero-order valence-corrected chi connectivity index (χ0v) is 11.4. The molecule has 0 saturated heterocycles. The summed E-state index contributed by atoms with van der Waals surface area (Å²) in [6.07, 6.45) is -18.8. The van der Waals surface area contributed by atoms with Gasteiger partial charge in [-0.15, -0.1) is 0 Å². The van der Waals surface area contributed by atoms with E-state index in [-0.39, 0.29) is 0 Å². The molecule has 1 nitrogen and oxygen atoms in total. The van der Waals surface area contributed by atoms with Gasteiger partial charge in [-0.05, 0) is 31.6 Å². The highest BCUT2D eigenvalue weighted by Crippen LogP contribution is 2.53.